The molecule has 3 rings (SSSR count). The molecule has 2 aromatic heterocycles. The summed E-state index contributed by atoms with van der Waals surface area (Å²) in [6, 6.07) is 14.4. The number of imidazole rings is 1. The Morgan fingerprint density at radius 2 is 2.14 bits per heavy atom. The Bertz CT molecular complexity index is 702. The van der Waals surface area contributed by atoms with E-state index in [-0.39, 0.29) is 6.04 Å². The van der Waals surface area contributed by atoms with Gasteiger partial charge in [0.1, 0.15) is 11.4 Å². The van der Waals surface area contributed by atoms with Gasteiger partial charge in [-0.25, -0.2) is 4.98 Å². The van der Waals surface area contributed by atoms with Crippen LogP contribution in [-0.4, -0.2) is 16.5 Å². The molecule has 0 saturated carbocycles. The summed E-state index contributed by atoms with van der Waals surface area (Å²) in [7, 11) is 1.69. The van der Waals surface area contributed by atoms with E-state index in [1.807, 2.05) is 40.9 Å². The van der Waals surface area contributed by atoms with E-state index in [9.17, 15) is 0 Å². The van der Waals surface area contributed by atoms with Gasteiger partial charge in [0.05, 0.1) is 12.8 Å². The molecule has 108 valence electrons. The SMILES string of the molecule is COc1cccc(C(C)NCc2cn3ccccc3n2)c1. The molecular formula is C17H19N3O. The molecule has 0 bridgehead atoms. The highest BCUT2D eigenvalue weighted by molar-refractivity contribution is 5.39. The molecule has 4 heteroatoms. The maximum Gasteiger partial charge on any atom is 0.137 e. The number of hydrogen-bond acceptors (Lipinski definition) is 3. The van der Waals surface area contributed by atoms with Crippen molar-refractivity contribution in [1.29, 1.82) is 0 Å². The summed E-state index contributed by atoms with van der Waals surface area (Å²) in [5.74, 6) is 0.883. The Hall–Kier alpha value is -2.33. The van der Waals surface area contributed by atoms with Crippen molar-refractivity contribution in [3.8, 4) is 5.75 Å². The van der Waals surface area contributed by atoms with Crippen LogP contribution in [0.1, 0.15) is 24.2 Å². The van der Waals surface area contributed by atoms with Gasteiger partial charge < -0.3 is 14.5 Å². The Morgan fingerprint density at radius 3 is 2.95 bits per heavy atom. The van der Waals surface area contributed by atoms with Gasteiger partial charge in [0.2, 0.25) is 0 Å². The summed E-state index contributed by atoms with van der Waals surface area (Å²) in [6.07, 6.45) is 4.07. The van der Waals surface area contributed by atoms with Crippen LogP contribution in [0, 0.1) is 0 Å². The smallest absolute Gasteiger partial charge is 0.137 e. The van der Waals surface area contributed by atoms with Gasteiger partial charge in [0.15, 0.2) is 0 Å². The molecule has 0 fully saturated rings. The number of ether oxygens (including phenoxy) is 1. The molecule has 2 heterocycles. The second kappa shape index (κ2) is 5.97. The van der Waals surface area contributed by atoms with E-state index in [0.717, 1.165) is 23.6 Å². The number of aromatic nitrogens is 2. The van der Waals surface area contributed by atoms with E-state index in [0.29, 0.717) is 0 Å². The molecule has 1 N–H and O–H groups in total. The molecule has 0 aliphatic carbocycles. The zero-order valence-electron chi connectivity index (χ0n) is 12.3. The van der Waals surface area contributed by atoms with Crippen molar-refractivity contribution in [2.75, 3.05) is 7.11 Å². The molecule has 21 heavy (non-hydrogen) atoms. The lowest BCUT2D eigenvalue weighted by atomic mass is 10.1. The van der Waals surface area contributed by atoms with E-state index < -0.39 is 0 Å². The Labute approximate surface area is 124 Å². The average Bonchev–Trinajstić information content (AvgIpc) is 2.95. The van der Waals surface area contributed by atoms with Crippen molar-refractivity contribution in [3.63, 3.8) is 0 Å². The van der Waals surface area contributed by atoms with Crippen LogP contribution >= 0.6 is 0 Å². The van der Waals surface area contributed by atoms with Crippen molar-refractivity contribution >= 4 is 5.65 Å². The molecule has 0 amide bonds. The van der Waals surface area contributed by atoms with Gasteiger partial charge >= 0.3 is 0 Å². The minimum atomic E-state index is 0.241. The van der Waals surface area contributed by atoms with Crippen LogP contribution in [0.2, 0.25) is 0 Å². The first kappa shape index (κ1) is 13.6. The van der Waals surface area contributed by atoms with Gasteiger partial charge in [-0.05, 0) is 36.8 Å². The molecule has 1 aromatic carbocycles. The van der Waals surface area contributed by atoms with Crippen LogP contribution in [-0.2, 0) is 6.54 Å². The Balaban J connectivity index is 1.68. The number of nitrogens with zero attached hydrogens (tertiary/aromatic N) is 2. The molecule has 1 unspecified atom stereocenters. The van der Waals surface area contributed by atoms with Crippen molar-refractivity contribution in [3.05, 3.63) is 66.1 Å². The van der Waals surface area contributed by atoms with E-state index in [4.69, 9.17) is 4.74 Å². The summed E-state index contributed by atoms with van der Waals surface area (Å²) < 4.78 is 7.30. The largest absolute Gasteiger partial charge is 0.497 e. The van der Waals surface area contributed by atoms with Gasteiger partial charge in [-0.15, -0.1) is 0 Å². The van der Waals surface area contributed by atoms with Crippen LogP contribution in [0.3, 0.4) is 0 Å². The molecule has 1 atom stereocenters. The van der Waals surface area contributed by atoms with Crippen molar-refractivity contribution in [2.24, 2.45) is 0 Å². The highest BCUT2D eigenvalue weighted by Crippen LogP contribution is 2.19. The average molecular weight is 281 g/mol. The Kier molecular flexibility index (Phi) is 3.88. The van der Waals surface area contributed by atoms with E-state index >= 15 is 0 Å². The van der Waals surface area contributed by atoms with Crippen LogP contribution in [0.5, 0.6) is 5.75 Å². The Morgan fingerprint density at radius 1 is 1.24 bits per heavy atom. The highest BCUT2D eigenvalue weighted by Gasteiger charge is 2.07. The van der Waals surface area contributed by atoms with Crippen molar-refractivity contribution in [1.82, 2.24) is 14.7 Å². The van der Waals surface area contributed by atoms with Crippen LogP contribution in [0.25, 0.3) is 5.65 Å². The summed E-state index contributed by atoms with van der Waals surface area (Å²) in [4.78, 5) is 4.59. The third-order valence-electron chi connectivity index (χ3n) is 3.60. The minimum absolute atomic E-state index is 0.241. The third-order valence-corrected chi connectivity index (χ3v) is 3.60. The molecule has 0 saturated heterocycles. The van der Waals surface area contributed by atoms with Gasteiger partial charge in [-0.2, -0.15) is 0 Å². The lowest BCUT2D eigenvalue weighted by Crippen LogP contribution is -2.18. The number of methoxy groups -OCH3 is 1. The topological polar surface area (TPSA) is 38.6 Å². The van der Waals surface area contributed by atoms with E-state index in [1.54, 1.807) is 7.11 Å². The van der Waals surface area contributed by atoms with Crippen LogP contribution in [0.4, 0.5) is 0 Å². The number of pyridine rings is 1. The molecule has 3 aromatic rings. The van der Waals surface area contributed by atoms with Crippen LogP contribution in [0.15, 0.2) is 54.9 Å². The number of rotatable bonds is 5. The van der Waals surface area contributed by atoms with Crippen molar-refractivity contribution < 1.29 is 4.74 Å². The second-order valence-corrected chi connectivity index (χ2v) is 5.08. The lowest BCUT2D eigenvalue weighted by Gasteiger charge is -2.14. The molecule has 0 aliphatic heterocycles. The number of benzene rings is 1. The fraction of sp³-hybridized carbons (Fsp3) is 0.235. The monoisotopic (exact) mass is 281 g/mol. The van der Waals surface area contributed by atoms with Crippen LogP contribution < -0.4 is 10.1 Å². The summed E-state index contributed by atoms with van der Waals surface area (Å²) >= 11 is 0. The minimum Gasteiger partial charge on any atom is -0.497 e. The number of hydrogen-bond donors (Lipinski definition) is 1. The number of fused-ring (bicyclic) bond motifs is 1. The molecule has 0 spiro atoms. The van der Waals surface area contributed by atoms with Gasteiger partial charge in [-0.3, -0.25) is 0 Å². The quantitative estimate of drug-likeness (QED) is 0.780. The van der Waals surface area contributed by atoms with E-state index in [2.05, 4.69) is 35.6 Å². The maximum absolute atomic E-state index is 5.26. The lowest BCUT2D eigenvalue weighted by molar-refractivity contribution is 0.413. The summed E-state index contributed by atoms with van der Waals surface area (Å²) in [6.45, 7) is 2.88. The normalized spacial score (nSPS) is 12.5. The maximum atomic E-state index is 5.26. The summed E-state index contributed by atoms with van der Waals surface area (Å²) in [5.41, 5.74) is 3.22. The number of nitrogens with one attached hydrogen (secondary N) is 1. The predicted octanol–water partition coefficient (Wildman–Crippen LogP) is 3.19. The summed E-state index contributed by atoms with van der Waals surface area (Å²) in [5, 5.41) is 3.50. The molecule has 0 radical (unpaired) electrons. The van der Waals surface area contributed by atoms with Crippen molar-refractivity contribution in [2.45, 2.75) is 19.5 Å². The first-order chi connectivity index (χ1) is 10.3. The molecule has 0 aliphatic rings. The first-order valence-corrected chi connectivity index (χ1v) is 7.06. The predicted molar refractivity (Wildman–Crippen MR) is 83.4 cm³/mol. The zero-order valence-corrected chi connectivity index (χ0v) is 12.3. The van der Waals surface area contributed by atoms with Gasteiger partial charge in [0.25, 0.3) is 0 Å². The standard InChI is InChI=1S/C17H19N3O/c1-13(14-6-5-7-16(10-14)21-2)18-11-15-12-20-9-4-3-8-17(20)19-15/h3-10,12-13,18H,11H2,1-2H3. The molecular weight excluding hydrogens is 262 g/mol. The zero-order chi connectivity index (χ0) is 14.7. The fourth-order valence-corrected chi connectivity index (χ4v) is 2.36. The van der Waals surface area contributed by atoms with Gasteiger partial charge in [0, 0.05) is 25.0 Å². The second-order valence-electron chi connectivity index (χ2n) is 5.08. The fourth-order valence-electron chi connectivity index (χ4n) is 2.36. The third kappa shape index (κ3) is 3.06. The highest BCUT2D eigenvalue weighted by atomic mass is 16.5. The first-order valence-electron chi connectivity index (χ1n) is 7.06. The molecule has 4 nitrogen and oxygen atoms in total. The van der Waals surface area contributed by atoms with Gasteiger partial charge in [-0.1, -0.05) is 18.2 Å². The van der Waals surface area contributed by atoms with E-state index in [1.165, 1.54) is 5.56 Å².